The van der Waals surface area contributed by atoms with E-state index in [0.29, 0.717) is 0 Å². The molecule has 1 N–H and O–H groups in total. The molecular weight excluding hydrogens is 240 g/mol. The molecule has 0 spiro atoms. The molecule has 1 aromatic rings. The lowest BCUT2D eigenvalue weighted by Gasteiger charge is -2.37. The highest BCUT2D eigenvalue weighted by Gasteiger charge is 2.40. The fourth-order valence-corrected chi connectivity index (χ4v) is 2.50. The van der Waals surface area contributed by atoms with Crippen LogP contribution in [-0.2, 0) is 16.8 Å². The van der Waals surface area contributed by atoms with Crippen LogP contribution in [0, 0.1) is 0 Å². The number of hydrogen-bond donors (Lipinski definition) is 1. The van der Waals surface area contributed by atoms with Crippen molar-refractivity contribution in [3.63, 3.8) is 0 Å². The Morgan fingerprint density at radius 3 is 2.68 bits per heavy atom. The Bertz CT molecular complexity index is 501. The molecule has 0 aliphatic heterocycles. The Kier molecular flexibility index (Phi) is 4.03. The van der Waals surface area contributed by atoms with E-state index in [-0.39, 0.29) is 5.75 Å². The highest BCUT2D eigenvalue weighted by Crippen LogP contribution is 2.47. The lowest BCUT2D eigenvalue weighted by molar-refractivity contribution is 0.247. The maximum atomic E-state index is 10.6. The summed E-state index contributed by atoms with van der Waals surface area (Å²) in [6.07, 6.45) is 5.24. The quantitative estimate of drug-likeness (QED) is 0.652. The van der Waals surface area contributed by atoms with Gasteiger partial charge in [0.1, 0.15) is 11.3 Å². The van der Waals surface area contributed by atoms with E-state index < -0.39 is 5.54 Å². The summed E-state index contributed by atoms with van der Waals surface area (Å²) in [4.78, 5) is 16.7. The molecule has 1 aliphatic rings. The van der Waals surface area contributed by atoms with E-state index in [0.717, 1.165) is 43.4 Å². The third-order valence-corrected chi connectivity index (χ3v) is 3.85. The van der Waals surface area contributed by atoms with Crippen LogP contribution < -0.4 is 0 Å². The highest BCUT2D eigenvalue weighted by molar-refractivity contribution is 5.46. The van der Waals surface area contributed by atoms with Gasteiger partial charge in [0.15, 0.2) is 0 Å². The first-order valence-electron chi connectivity index (χ1n) is 6.63. The third kappa shape index (κ3) is 2.86. The molecule has 4 nitrogen and oxygen atoms in total. The number of aliphatic imine (C=N–C) groups is 1. The number of benzene rings is 1. The molecule has 2 rings (SSSR count). The number of isocyanates is 1. The Labute approximate surface area is 113 Å². The second kappa shape index (κ2) is 5.55. The van der Waals surface area contributed by atoms with Gasteiger partial charge in [-0.05, 0) is 57.5 Å². The van der Waals surface area contributed by atoms with Crippen LogP contribution in [-0.4, -0.2) is 36.7 Å². The van der Waals surface area contributed by atoms with E-state index >= 15 is 0 Å². The van der Waals surface area contributed by atoms with Crippen LogP contribution in [0.5, 0.6) is 5.75 Å². The summed E-state index contributed by atoms with van der Waals surface area (Å²) < 4.78 is 0. The molecule has 4 heteroatoms. The fraction of sp³-hybridized carbons (Fsp3) is 0.533. The molecule has 0 atom stereocenters. The Hall–Kier alpha value is -1.64. The van der Waals surface area contributed by atoms with Crippen molar-refractivity contribution in [1.82, 2.24) is 4.90 Å². The van der Waals surface area contributed by atoms with Crippen molar-refractivity contribution in [2.75, 3.05) is 20.6 Å². The van der Waals surface area contributed by atoms with Crippen molar-refractivity contribution in [3.05, 3.63) is 29.3 Å². The van der Waals surface area contributed by atoms with Gasteiger partial charge in [-0.3, -0.25) is 0 Å². The first-order valence-corrected chi connectivity index (χ1v) is 6.63. The van der Waals surface area contributed by atoms with E-state index in [9.17, 15) is 9.90 Å². The number of nitrogens with zero attached hydrogens (tertiary/aromatic N) is 2. The van der Waals surface area contributed by atoms with E-state index in [4.69, 9.17) is 0 Å². The van der Waals surface area contributed by atoms with Gasteiger partial charge in [-0.25, -0.2) is 4.79 Å². The molecule has 102 valence electrons. The maximum Gasteiger partial charge on any atom is 0.235 e. The van der Waals surface area contributed by atoms with Crippen molar-refractivity contribution in [1.29, 1.82) is 0 Å². The molecule has 0 bridgehead atoms. The average molecular weight is 260 g/mol. The lowest BCUT2D eigenvalue weighted by Crippen LogP contribution is -2.32. The molecule has 0 aromatic heterocycles. The van der Waals surface area contributed by atoms with Crippen molar-refractivity contribution in [3.8, 4) is 5.75 Å². The zero-order valence-electron chi connectivity index (χ0n) is 11.5. The monoisotopic (exact) mass is 260 g/mol. The van der Waals surface area contributed by atoms with E-state index in [1.807, 2.05) is 26.2 Å². The molecule has 0 amide bonds. The van der Waals surface area contributed by atoms with E-state index in [1.165, 1.54) is 0 Å². The molecule has 0 saturated heterocycles. The molecule has 19 heavy (non-hydrogen) atoms. The first kappa shape index (κ1) is 13.8. The number of hydrogen-bond acceptors (Lipinski definition) is 4. The van der Waals surface area contributed by atoms with Gasteiger partial charge >= 0.3 is 0 Å². The predicted octanol–water partition coefficient (Wildman–Crippen LogP) is 2.21. The lowest BCUT2D eigenvalue weighted by atomic mass is 9.71. The summed E-state index contributed by atoms with van der Waals surface area (Å²) in [5.74, 6) is 0.229. The molecule has 1 aromatic carbocycles. The smallest absolute Gasteiger partial charge is 0.235 e. The third-order valence-electron chi connectivity index (χ3n) is 3.85. The number of carbonyl (C=O) groups excluding carboxylic acids is 1. The minimum absolute atomic E-state index is 0.229. The van der Waals surface area contributed by atoms with Gasteiger partial charge in [0.05, 0.1) is 0 Å². The number of rotatable bonds is 5. The minimum atomic E-state index is -0.528. The van der Waals surface area contributed by atoms with Crippen molar-refractivity contribution in [2.45, 2.75) is 31.2 Å². The molecule has 0 unspecified atom stereocenters. The van der Waals surface area contributed by atoms with Gasteiger partial charge in [-0.15, -0.1) is 0 Å². The summed E-state index contributed by atoms with van der Waals surface area (Å²) in [6.45, 7) is 0.953. The molecule has 1 fully saturated rings. The van der Waals surface area contributed by atoms with E-state index in [2.05, 4.69) is 9.89 Å². The first-order chi connectivity index (χ1) is 9.07. The van der Waals surface area contributed by atoms with Crippen LogP contribution in [0.1, 0.15) is 30.4 Å². The van der Waals surface area contributed by atoms with Gasteiger partial charge in [0.25, 0.3) is 0 Å². The van der Waals surface area contributed by atoms with Crippen molar-refractivity contribution < 1.29 is 9.90 Å². The summed E-state index contributed by atoms with van der Waals surface area (Å²) in [7, 11) is 4.07. The van der Waals surface area contributed by atoms with Crippen LogP contribution in [0.3, 0.4) is 0 Å². The maximum absolute atomic E-state index is 10.6. The topological polar surface area (TPSA) is 52.9 Å². The Morgan fingerprint density at radius 2 is 2.16 bits per heavy atom. The molecule has 0 heterocycles. The van der Waals surface area contributed by atoms with Crippen molar-refractivity contribution >= 4 is 6.08 Å². The van der Waals surface area contributed by atoms with Crippen molar-refractivity contribution in [2.24, 2.45) is 4.99 Å². The number of phenolic OH excluding ortho intramolecular Hbond substituents is 1. The summed E-state index contributed by atoms with van der Waals surface area (Å²) in [6, 6.07) is 5.62. The molecule has 0 radical (unpaired) electrons. The average Bonchev–Trinajstić information content (AvgIpc) is 2.33. The summed E-state index contributed by atoms with van der Waals surface area (Å²) >= 11 is 0. The summed E-state index contributed by atoms with van der Waals surface area (Å²) in [5.41, 5.74) is 1.41. The molecule has 1 saturated carbocycles. The van der Waals surface area contributed by atoms with Crippen LogP contribution in [0.4, 0.5) is 0 Å². The summed E-state index contributed by atoms with van der Waals surface area (Å²) in [5, 5.41) is 10.0. The van der Waals surface area contributed by atoms with Crippen LogP contribution in [0.2, 0.25) is 0 Å². The Balaban J connectivity index is 2.29. The van der Waals surface area contributed by atoms with Gasteiger partial charge in [-0.2, -0.15) is 4.99 Å². The van der Waals surface area contributed by atoms with Gasteiger partial charge in [0, 0.05) is 12.1 Å². The largest absolute Gasteiger partial charge is 0.508 e. The number of phenols is 1. The van der Waals surface area contributed by atoms with E-state index in [1.54, 1.807) is 12.1 Å². The predicted molar refractivity (Wildman–Crippen MR) is 74.0 cm³/mol. The second-order valence-corrected chi connectivity index (χ2v) is 5.49. The van der Waals surface area contributed by atoms with Crippen LogP contribution >= 0.6 is 0 Å². The van der Waals surface area contributed by atoms with Crippen LogP contribution in [0.25, 0.3) is 0 Å². The van der Waals surface area contributed by atoms with Gasteiger partial charge < -0.3 is 10.0 Å². The second-order valence-electron chi connectivity index (χ2n) is 5.49. The zero-order valence-corrected chi connectivity index (χ0v) is 11.5. The number of likely N-dealkylation sites (N-methyl/N-ethyl adjacent to an activating group) is 1. The molecular formula is C15H20N2O2. The zero-order chi connectivity index (χ0) is 13.9. The highest BCUT2D eigenvalue weighted by atomic mass is 16.3. The van der Waals surface area contributed by atoms with Gasteiger partial charge in [0.2, 0.25) is 6.08 Å². The Morgan fingerprint density at radius 1 is 1.42 bits per heavy atom. The SMILES string of the molecule is CN(C)CCc1ccc(O)c(C2(N=C=O)CCC2)c1. The normalized spacial score (nSPS) is 16.8. The standard InChI is InChI=1S/C15H20N2O2/c1-17(2)9-6-12-4-5-14(19)13(10-12)15(16-11-18)7-3-8-15/h4-5,10,19H,3,6-9H2,1-2H3. The van der Waals surface area contributed by atoms with Gasteiger partial charge in [-0.1, -0.05) is 6.07 Å². The fourth-order valence-electron chi connectivity index (χ4n) is 2.50. The molecule has 1 aliphatic carbocycles. The number of aromatic hydroxyl groups is 1. The van der Waals surface area contributed by atoms with Crippen LogP contribution in [0.15, 0.2) is 23.2 Å². The minimum Gasteiger partial charge on any atom is -0.508 e.